The second kappa shape index (κ2) is 9.03. The van der Waals surface area contributed by atoms with Gasteiger partial charge in [-0.2, -0.15) is 4.39 Å². The molecule has 1 saturated heterocycles. The highest BCUT2D eigenvalue weighted by Crippen LogP contribution is 2.39. The molecule has 0 bridgehead atoms. The number of nitrogens with one attached hydrogen (secondary N) is 1. The van der Waals surface area contributed by atoms with Gasteiger partial charge in [0.1, 0.15) is 22.8 Å². The van der Waals surface area contributed by atoms with Gasteiger partial charge in [0.25, 0.3) is 10.0 Å². The highest BCUT2D eigenvalue weighted by Gasteiger charge is 2.39. The molecule has 12 heteroatoms. The second-order valence-corrected chi connectivity index (χ2v) is 10.1. The van der Waals surface area contributed by atoms with E-state index in [4.69, 9.17) is 11.6 Å². The Morgan fingerprint density at radius 2 is 2.03 bits per heavy atom. The van der Waals surface area contributed by atoms with Crippen LogP contribution in [0.15, 0.2) is 29.2 Å². The summed E-state index contributed by atoms with van der Waals surface area (Å²) in [7, 11) is -3.02. The first-order valence-corrected chi connectivity index (χ1v) is 11.6. The van der Waals surface area contributed by atoms with E-state index in [1.807, 2.05) is 16.5 Å². The van der Waals surface area contributed by atoms with Crippen molar-refractivity contribution in [2.75, 3.05) is 36.3 Å². The van der Waals surface area contributed by atoms with E-state index in [-0.39, 0.29) is 12.2 Å². The molecule has 176 valence electrons. The summed E-state index contributed by atoms with van der Waals surface area (Å²) < 4.78 is 83.5. The van der Waals surface area contributed by atoms with E-state index in [0.717, 1.165) is 18.2 Å². The number of sulfonamides is 1. The Kier molecular flexibility index (Phi) is 6.92. The predicted octanol–water partition coefficient (Wildman–Crippen LogP) is 4.21. The van der Waals surface area contributed by atoms with Crippen LogP contribution in [0.1, 0.15) is 20.3 Å². The number of aromatic nitrogens is 1. The fourth-order valence-electron chi connectivity index (χ4n) is 3.76. The molecule has 6 nitrogen and oxygen atoms in total. The van der Waals surface area contributed by atoms with Crippen LogP contribution >= 0.6 is 11.6 Å². The van der Waals surface area contributed by atoms with E-state index in [1.165, 1.54) is 13.0 Å². The third kappa shape index (κ3) is 4.94. The summed E-state index contributed by atoms with van der Waals surface area (Å²) in [6.07, 6.45) is -0.461. The smallest absolute Gasteiger partial charge is 0.268 e. The number of benzene rings is 1. The summed E-state index contributed by atoms with van der Waals surface area (Å²) in [6, 6.07) is 4.16. The monoisotopic (exact) mass is 494 g/mol. The van der Waals surface area contributed by atoms with Crippen molar-refractivity contribution in [3.05, 3.63) is 46.9 Å². The van der Waals surface area contributed by atoms with E-state index in [9.17, 15) is 21.6 Å². The van der Waals surface area contributed by atoms with Crippen LogP contribution < -0.4 is 9.62 Å². The maximum absolute atomic E-state index is 15.0. The zero-order valence-corrected chi connectivity index (χ0v) is 19.2. The summed E-state index contributed by atoms with van der Waals surface area (Å²) in [5.74, 6) is -4.23. The van der Waals surface area contributed by atoms with E-state index in [2.05, 4.69) is 4.98 Å². The molecule has 0 amide bonds. The van der Waals surface area contributed by atoms with Gasteiger partial charge in [0.05, 0.1) is 5.69 Å². The van der Waals surface area contributed by atoms with Gasteiger partial charge >= 0.3 is 0 Å². The van der Waals surface area contributed by atoms with Crippen molar-refractivity contribution in [1.82, 2.24) is 9.88 Å². The lowest BCUT2D eigenvalue weighted by Crippen LogP contribution is -2.48. The van der Waals surface area contributed by atoms with Crippen molar-refractivity contribution in [1.29, 1.82) is 0 Å². The molecule has 0 radical (unpaired) electrons. The van der Waals surface area contributed by atoms with Crippen molar-refractivity contribution >= 4 is 33.1 Å². The lowest BCUT2D eigenvalue weighted by molar-refractivity contribution is 0.122. The summed E-state index contributed by atoms with van der Waals surface area (Å²) >= 11 is 6.12. The summed E-state index contributed by atoms with van der Waals surface area (Å²) in [6.45, 7) is 4.24. The number of hydrogen-bond acceptors (Lipinski definition) is 5. The minimum absolute atomic E-state index is 0.00470. The number of nitrogens with zero attached hydrogens (tertiary/aromatic N) is 3. The van der Waals surface area contributed by atoms with Gasteiger partial charge in [-0.25, -0.2) is 26.6 Å². The van der Waals surface area contributed by atoms with Gasteiger partial charge in [0.2, 0.25) is 5.95 Å². The molecule has 0 spiro atoms. The standard InChI is InChI=1S/C20H23ClF4N4O2S/c1-12(22)10-28(3)20(2)7-8-29(11-20)14-9-13(23)19(18(25)17(14)21)32(30,31)27-16-6-4-5-15(24)26-16/h4-6,9,12H,7-8,10-11H2,1-3H3,(H,26,27)/t12?,20-/m1/s1. The number of rotatable bonds is 7. The van der Waals surface area contributed by atoms with Crippen LogP contribution in [0, 0.1) is 17.6 Å². The highest BCUT2D eigenvalue weighted by atomic mass is 35.5. The molecule has 0 saturated carbocycles. The molecule has 1 N–H and O–H groups in total. The quantitative estimate of drug-likeness (QED) is 0.355. The molecule has 2 heterocycles. The minimum atomic E-state index is -4.79. The largest absolute Gasteiger partial charge is 0.368 e. The molecule has 1 aliphatic heterocycles. The zero-order valence-electron chi connectivity index (χ0n) is 17.7. The van der Waals surface area contributed by atoms with E-state index in [1.54, 1.807) is 11.9 Å². The molecular formula is C20H23ClF4N4O2S. The number of anilines is 2. The first-order valence-electron chi connectivity index (χ1n) is 9.77. The number of hydrogen-bond donors (Lipinski definition) is 1. The number of likely N-dealkylation sites (N-methyl/N-ethyl adjacent to an activating group) is 1. The van der Waals surface area contributed by atoms with Gasteiger partial charge in [-0.05, 0) is 39.4 Å². The number of alkyl halides is 1. The van der Waals surface area contributed by atoms with Crippen molar-refractivity contribution in [2.24, 2.45) is 0 Å². The van der Waals surface area contributed by atoms with Crippen LogP contribution in [0.3, 0.4) is 0 Å². The predicted molar refractivity (Wildman–Crippen MR) is 115 cm³/mol. The van der Waals surface area contributed by atoms with E-state index in [0.29, 0.717) is 19.5 Å². The van der Waals surface area contributed by atoms with Gasteiger partial charge in [-0.3, -0.25) is 9.62 Å². The summed E-state index contributed by atoms with van der Waals surface area (Å²) in [5, 5.41) is -0.565. The minimum Gasteiger partial charge on any atom is -0.368 e. The summed E-state index contributed by atoms with van der Waals surface area (Å²) in [4.78, 5) is 5.51. The molecule has 0 aliphatic carbocycles. The van der Waals surface area contributed by atoms with Crippen molar-refractivity contribution in [3.8, 4) is 0 Å². The Labute approximate surface area is 189 Å². The molecule has 1 aromatic carbocycles. The van der Waals surface area contributed by atoms with Gasteiger partial charge in [0, 0.05) is 31.2 Å². The highest BCUT2D eigenvalue weighted by molar-refractivity contribution is 7.92. The Hall–Kier alpha value is -2.11. The molecule has 1 aromatic heterocycles. The summed E-state index contributed by atoms with van der Waals surface area (Å²) in [5.41, 5.74) is -0.471. The fraction of sp³-hybridized carbons (Fsp3) is 0.450. The molecule has 1 unspecified atom stereocenters. The van der Waals surface area contributed by atoms with Crippen LogP contribution in [0.5, 0.6) is 0 Å². The van der Waals surface area contributed by atoms with Crippen LogP contribution in [-0.4, -0.2) is 56.7 Å². The van der Waals surface area contributed by atoms with Crippen LogP contribution in [0.2, 0.25) is 5.02 Å². The molecule has 2 atom stereocenters. The average molecular weight is 495 g/mol. The first kappa shape index (κ1) is 24.5. The second-order valence-electron chi connectivity index (χ2n) is 8.12. The van der Waals surface area contributed by atoms with Crippen LogP contribution in [-0.2, 0) is 10.0 Å². The van der Waals surface area contributed by atoms with Gasteiger partial charge in [-0.15, -0.1) is 0 Å². The number of pyridine rings is 1. The maximum Gasteiger partial charge on any atom is 0.268 e. The van der Waals surface area contributed by atoms with E-state index < -0.39 is 55.1 Å². The van der Waals surface area contributed by atoms with Crippen molar-refractivity contribution in [2.45, 2.75) is 36.9 Å². The molecule has 32 heavy (non-hydrogen) atoms. The lowest BCUT2D eigenvalue weighted by Gasteiger charge is -2.36. The Bertz CT molecular complexity index is 1120. The van der Waals surface area contributed by atoms with Gasteiger partial charge in [-0.1, -0.05) is 17.7 Å². The topological polar surface area (TPSA) is 65.5 Å². The molecule has 1 aliphatic rings. The molecular weight excluding hydrogens is 472 g/mol. The normalized spacial score (nSPS) is 20.1. The lowest BCUT2D eigenvalue weighted by atomic mass is 9.99. The molecule has 1 fully saturated rings. The third-order valence-corrected chi connectivity index (χ3v) is 7.31. The third-order valence-electron chi connectivity index (χ3n) is 5.56. The van der Waals surface area contributed by atoms with Crippen molar-refractivity contribution in [3.63, 3.8) is 0 Å². The van der Waals surface area contributed by atoms with Crippen molar-refractivity contribution < 1.29 is 26.0 Å². The van der Waals surface area contributed by atoms with Crippen LogP contribution in [0.25, 0.3) is 0 Å². The van der Waals surface area contributed by atoms with Gasteiger partial charge in [0.15, 0.2) is 10.7 Å². The average Bonchev–Trinajstić information content (AvgIpc) is 3.07. The van der Waals surface area contributed by atoms with Gasteiger partial charge < -0.3 is 4.90 Å². The zero-order chi connectivity index (χ0) is 23.8. The molecule has 3 rings (SSSR count). The fourth-order valence-corrected chi connectivity index (χ4v) is 5.23. The Balaban J connectivity index is 1.91. The van der Waals surface area contributed by atoms with E-state index >= 15 is 4.39 Å². The first-order chi connectivity index (χ1) is 14.8. The van der Waals surface area contributed by atoms with Crippen LogP contribution in [0.4, 0.5) is 29.1 Å². The molecule has 2 aromatic rings. The number of halogens is 5. The maximum atomic E-state index is 15.0. The SMILES string of the molecule is CC(F)CN(C)[C@]1(C)CCN(c2cc(F)c(S(=O)(=O)Nc3cccc(F)n3)c(F)c2Cl)C1. The Morgan fingerprint density at radius 3 is 2.66 bits per heavy atom. The Morgan fingerprint density at radius 1 is 1.34 bits per heavy atom.